The van der Waals surface area contributed by atoms with Crippen LogP contribution < -0.4 is 9.47 Å². The fraction of sp³-hybridized carbons (Fsp3) is 0.231. The van der Waals surface area contributed by atoms with E-state index < -0.39 is 0 Å². The van der Waals surface area contributed by atoms with Gasteiger partial charge in [0.1, 0.15) is 23.0 Å². The highest BCUT2D eigenvalue weighted by Gasteiger charge is 2.35. The van der Waals surface area contributed by atoms with Crippen molar-refractivity contribution in [3.63, 3.8) is 0 Å². The molecule has 0 fully saturated rings. The van der Waals surface area contributed by atoms with Crippen molar-refractivity contribution in [1.82, 2.24) is 4.98 Å². The van der Waals surface area contributed by atoms with Crippen LogP contribution in [0.15, 0.2) is 66.9 Å². The molecule has 2 unspecified atom stereocenters. The molecule has 1 aliphatic heterocycles. The van der Waals surface area contributed by atoms with Gasteiger partial charge in [-0.15, -0.1) is 0 Å². The maximum Gasteiger partial charge on any atom is 0.126 e. The molecule has 0 spiro atoms. The number of hydrogen-bond acceptors (Lipinski definition) is 4. The summed E-state index contributed by atoms with van der Waals surface area (Å²) in [7, 11) is 0. The van der Waals surface area contributed by atoms with E-state index in [4.69, 9.17) is 9.47 Å². The Kier molecular flexibility index (Phi) is 4.74. The lowest BCUT2D eigenvalue weighted by atomic mass is 9.76. The first-order chi connectivity index (χ1) is 15.0. The van der Waals surface area contributed by atoms with Crippen molar-refractivity contribution < 1.29 is 19.7 Å². The molecule has 1 aromatic heterocycles. The summed E-state index contributed by atoms with van der Waals surface area (Å²) in [4.78, 5) is 3.40. The number of rotatable bonds is 4. The Bertz CT molecular complexity index is 1230. The molecular formula is C26H25NO4. The van der Waals surface area contributed by atoms with Crippen LogP contribution in [0.25, 0.3) is 10.9 Å². The van der Waals surface area contributed by atoms with E-state index >= 15 is 0 Å². The van der Waals surface area contributed by atoms with Gasteiger partial charge in [0.25, 0.3) is 0 Å². The molecule has 31 heavy (non-hydrogen) atoms. The quantitative estimate of drug-likeness (QED) is 0.401. The summed E-state index contributed by atoms with van der Waals surface area (Å²) in [5.41, 5.74) is 4.30. The Labute approximate surface area is 180 Å². The second kappa shape index (κ2) is 7.58. The smallest absolute Gasteiger partial charge is 0.126 e. The van der Waals surface area contributed by atoms with Crippen LogP contribution in [0.1, 0.15) is 42.4 Å². The van der Waals surface area contributed by atoms with E-state index in [-0.39, 0.29) is 29.4 Å². The molecule has 158 valence electrons. The number of phenols is 2. The number of aromatic amines is 1. The molecule has 5 rings (SSSR count). The molecule has 0 amide bonds. The van der Waals surface area contributed by atoms with Crippen molar-refractivity contribution in [3.05, 3.63) is 83.6 Å². The van der Waals surface area contributed by atoms with Crippen LogP contribution in [-0.2, 0) is 0 Å². The topological polar surface area (TPSA) is 74.7 Å². The zero-order valence-corrected chi connectivity index (χ0v) is 17.5. The maximum atomic E-state index is 9.93. The van der Waals surface area contributed by atoms with Gasteiger partial charge in [-0.25, -0.2) is 0 Å². The first-order valence-corrected chi connectivity index (χ1v) is 10.5. The Morgan fingerprint density at radius 2 is 1.71 bits per heavy atom. The van der Waals surface area contributed by atoms with Crippen molar-refractivity contribution in [2.75, 3.05) is 6.61 Å². The molecule has 2 atom stereocenters. The van der Waals surface area contributed by atoms with Crippen LogP contribution in [0.2, 0.25) is 0 Å². The third kappa shape index (κ3) is 3.56. The van der Waals surface area contributed by atoms with Crippen LogP contribution in [0.3, 0.4) is 0 Å². The summed E-state index contributed by atoms with van der Waals surface area (Å²) in [6.07, 6.45) is 2.17. The van der Waals surface area contributed by atoms with Crippen LogP contribution >= 0.6 is 0 Å². The lowest BCUT2D eigenvalue weighted by Crippen LogP contribution is -2.25. The number of aromatic nitrogens is 1. The summed E-state index contributed by atoms with van der Waals surface area (Å²) >= 11 is 0. The van der Waals surface area contributed by atoms with E-state index in [1.165, 1.54) is 5.56 Å². The molecule has 5 nitrogen and oxygen atoms in total. The number of hydrogen-bond donors (Lipinski definition) is 3. The van der Waals surface area contributed by atoms with Gasteiger partial charge in [0.15, 0.2) is 0 Å². The number of phenolic OH excluding ortho intramolecular Hbond substituents is 2. The Morgan fingerprint density at radius 1 is 0.935 bits per heavy atom. The van der Waals surface area contributed by atoms with Crippen molar-refractivity contribution in [3.8, 4) is 23.0 Å². The van der Waals surface area contributed by atoms with Gasteiger partial charge in [0.2, 0.25) is 0 Å². The second-order valence-corrected chi connectivity index (χ2v) is 8.33. The van der Waals surface area contributed by atoms with Crippen LogP contribution in [0, 0.1) is 0 Å². The number of fused-ring (bicyclic) bond motifs is 2. The molecule has 2 heterocycles. The summed E-state index contributed by atoms with van der Waals surface area (Å²) in [6.45, 7) is 4.52. The number of ether oxygens (including phenoxy) is 2. The Morgan fingerprint density at radius 3 is 2.48 bits per heavy atom. The van der Waals surface area contributed by atoms with Crippen LogP contribution in [0.4, 0.5) is 0 Å². The largest absolute Gasteiger partial charge is 0.508 e. The summed E-state index contributed by atoms with van der Waals surface area (Å²) in [5.74, 6) is 2.05. The monoisotopic (exact) mass is 415 g/mol. The highest BCUT2D eigenvalue weighted by atomic mass is 16.5. The minimum Gasteiger partial charge on any atom is -0.508 e. The molecule has 0 saturated heterocycles. The summed E-state index contributed by atoms with van der Waals surface area (Å²) in [5, 5.41) is 20.9. The predicted molar refractivity (Wildman–Crippen MR) is 120 cm³/mol. The fourth-order valence-electron chi connectivity index (χ4n) is 4.54. The Hall–Kier alpha value is -3.60. The molecule has 0 bridgehead atoms. The molecular weight excluding hydrogens is 390 g/mol. The van der Waals surface area contributed by atoms with Gasteiger partial charge in [-0.2, -0.15) is 0 Å². The molecule has 4 aromatic rings. The van der Waals surface area contributed by atoms with Gasteiger partial charge >= 0.3 is 0 Å². The number of benzene rings is 3. The number of aromatic hydroxyl groups is 2. The van der Waals surface area contributed by atoms with Crippen molar-refractivity contribution in [2.24, 2.45) is 0 Å². The zero-order valence-electron chi connectivity index (χ0n) is 17.5. The SMILES string of the molecule is CC(C)Oc1ccc2c(C3COc4cc(O)ccc4C3c3ccc(O)cc3)c[nH]c2c1. The minimum absolute atomic E-state index is 0.0236. The van der Waals surface area contributed by atoms with Crippen molar-refractivity contribution in [2.45, 2.75) is 31.8 Å². The molecule has 3 aromatic carbocycles. The van der Waals surface area contributed by atoms with Gasteiger partial charge in [-0.05, 0) is 55.3 Å². The first kappa shape index (κ1) is 19.4. The van der Waals surface area contributed by atoms with E-state index in [1.807, 2.05) is 44.2 Å². The van der Waals surface area contributed by atoms with Crippen LogP contribution in [-0.4, -0.2) is 27.9 Å². The zero-order chi connectivity index (χ0) is 21.5. The predicted octanol–water partition coefficient (Wildman–Crippen LogP) is 5.67. The molecule has 5 heteroatoms. The molecule has 0 aliphatic carbocycles. The highest BCUT2D eigenvalue weighted by molar-refractivity contribution is 5.85. The number of H-pyrrole nitrogens is 1. The van der Waals surface area contributed by atoms with E-state index in [9.17, 15) is 10.2 Å². The standard InChI is InChI=1S/C26H25NO4/c1-15(2)31-19-8-10-20-22(13-27-24(20)12-19)23-14-30-25-11-18(29)7-9-21(25)26(23)16-3-5-17(28)6-4-16/h3-13,15,23,26-29H,14H2,1-2H3. The second-order valence-electron chi connectivity index (χ2n) is 8.33. The van der Waals surface area contributed by atoms with Crippen molar-refractivity contribution >= 4 is 10.9 Å². The van der Waals surface area contributed by atoms with Gasteiger partial charge in [-0.1, -0.05) is 18.2 Å². The van der Waals surface area contributed by atoms with E-state index in [0.717, 1.165) is 27.8 Å². The highest BCUT2D eigenvalue weighted by Crippen LogP contribution is 2.48. The molecule has 0 radical (unpaired) electrons. The van der Waals surface area contributed by atoms with Gasteiger partial charge in [0, 0.05) is 46.6 Å². The van der Waals surface area contributed by atoms with Gasteiger partial charge < -0.3 is 24.7 Å². The molecule has 0 saturated carbocycles. The summed E-state index contributed by atoms with van der Waals surface area (Å²) in [6, 6.07) is 18.8. The fourth-order valence-corrected chi connectivity index (χ4v) is 4.54. The third-order valence-electron chi connectivity index (χ3n) is 5.86. The van der Waals surface area contributed by atoms with Gasteiger partial charge in [0.05, 0.1) is 12.7 Å². The molecule has 1 aliphatic rings. The van der Waals surface area contributed by atoms with E-state index in [0.29, 0.717) is 12.4 Å². The average molecular weight is 415 g/mol. The lowest BCUT2D eigenvalue weighted by molar-refractivity contribution is 0.242. The maximum absolute atomic E-state index is 9.93. The molecule has 3 N–H and O–H groups in total. The minimum atomic E-state index is 0.0236. The number of nitrogens with one attached hydrogen (secondary N) is 1. The Balaban J connectivity index is 1.61. The average Bonchev–Trinajstić information content (AvgIpc) is 3.16. The van der Waals surface area contributed by atoms with Crippen LogP contribution in [0.5, 0.6) is 23.0 Å². The third-order valence-corrected chi connectivity index (χ3v) is 5.86. The summed E-state index contributed by atoms with van der Waals surface area (Å²) < 4.78 is 11.9. The van der Waals surface area contributed by atoms with E-state index in [1.54, 1.807) is 24.3 Å². The normalized spacial score (nSPS) is 18.0. The van der Waals surface area contributed by atoms with Gasteiger partial charge in [-0.3, -0.25) is 0 Å². The first-order valence-electron chi connectivity index (χ1n) is 10.5. The van der Waals surface area contributed by atoms with Crippen molar-refractivity contribution in [1.29, 1.82) is 0 Å². The lowest BCUT2D eigenvalue weighted by Gasteiger charge is -2.34. The van der Waals surface area contributed by atoms with E-state index in [2.05, 4.69) is 17.2 Å².